The summed E-state index contributed by atoms with van der Waals surface area (Å²) in [5.74, 6) is -0.467. The zero-order valence-corrected chi connectivity index (χ0v) is 12.3. The summed E-state index contributed by atoms with van der Waals surface area (Å²) in [5, 5.41) is 5.44. The number of aryl methyl sites for hydroxylation is 1. The molecule has 0 spiro atoms. The molecular formula is C17H16N2O3. The van der Waals surface area contributed by atoms with Crippen molar-refractivity contribution in [3.05, 3.63) is 53.6 Å². The highest BCUT2D eigenvalue weighted by Crippen LogP contribution is 2.29. The van der Waals surface area contributed by atoms with Crippen LogP contribution in [-0.2, 0) is 9.59 Å². The smallest absolute Gasteiger partial charge is 0.275 e. The maximum Gasteiger partial charge on any atom is 0.275 e. The highest BCUT2D eigenvalue weighted by Gasteiger charge is 2.34. The van der Waals surface area contributed by atoms with Gasteiger partial charge in [0, 0.05) is 5.69 Å². The molecule has 0 saturated carbocycles. The van der Waals surface area contributed by atoms with E-state index in [4.69, 9.17) is 4.74 Å². The van der Waals surface area contributed by atoms with Gasteiger partial charge in [0.2, 0.25) is 0 Å². The van der Waals surface area contributed by atoms with Gasteiger partial charge in [-0.25, -0.2) is 0 Å². The van der Waals surface area contributed by atoms with Crippen LogP contribution >= 0.6 is 0 Å². The number of hydrogen-bond acceptors (Lipinski definition) is 3. The van der Waals surface area contributed by atoms with E-state index >= 15 is 0 Å². The first kappa shape index (κ1) is 14.1. The molecule has 0 fully saturated rings. The number of amides is 2. The van der Waals surface area contributed by atoms with E-state index in [1.807, 2.05) is 26.0 Å². The lowest BCUT2D eigenvalue weighted by atomic mass is 10.1. The molecule has 5 heteroatoms. The first-order chi connectivity index (χ1) is 10.6. The second-order valence-electron chi connectivity index (χ2n) is 5.22. The van der Waals surface area contributed by atoms with Gasteiger partial charge in [-0.2, -0.15) is 0 Å². The van der Waals surface area contributed by atoms with E-state index in [2.05, 4.69) is 10.6 Å². The molecule has 1 aliphatic rings. The number of fused-ring (bicyclic) bond motifs is 1. The third-order valence-electron chi connectivity index (χ3n) is 3.73. The van der Waals surface area contributed by atoms with Crippen LogP contribution in [0.25, 0.3) is 0 Å². The SMILES string of the molecule is Cc1cccc(NC(=O)[C@H]2Oc3ccccc3NC2=O)c1C. The van der Waals surface area contributed by atoms with Crippen LogP contribution in [0.1, 0.15) is 11.1 Å². The summed E-state index contributed by atoms with van der Waals surface area (Å²) >= 11 is 0. The Labute approximate surface area is 128 Å². The number of hydrogen-bond donors (Lipinski definition) is 2. The van der Waals surface area contributed by atoms with Gasteiger partial charge in [-0.05, 0) is 43.2 Å². The summed E-state index contributed by atoms with van der Waals surface area (Å²) in [5.41, 5.74) is 3.29. The zero-order chi connectivity index (χ0) is 15.7. The van der Waals surface area contributed by atoms with Crippen molar-refractivity contribution in [3.8, 4) is 5.75 Å². The van der Waals surface area contributed by atoms with Crippen LogP contribution in [0, 0.1) is 13.8 Å². The van der Waals surface area contributed by atoms with Crippen LogP contribution in [-0.4, -0.2) is 17.9 Å². The van der Waals surface area contributed by atoms with Crippen molar-refractivity contribution >= 4 is 23.2 Å². The monoisotopic (exact) mass is 296 g/mol. The molecule has 0 bridgehead atoms. The van der Waals surface area contributed by atoms with Gasteiger partial charge in [0.25, 0.3) is 17.9 Å². The van der Waals surface area contributed by atoms with Gasteiger partial charge in [-0.15, -0.1) is 0 Å². The average molecular weight is 296 g/mol. The lowest BCUT2D eigenvalue weighted by molar-refractivity contribution is -0.133. The van der Waals surface area contributed by atoms with E-state index in [1.54, 1.807) is 30.3 Å². The lowest BCUT2D eigenvalue weighted by Crippen LogP contribution is -2.45. The summed E-state index contributed by atoms with van der Waals surface area (Å²) < 4.78 is 5.52. The number of para-hydroxylation sites is 2. The van der Waals surface area contributed by atoms with E-state index in [-0.39, 0.29) is 0 Å². The lowest BCUT2D eigenvalue weighted by Gasteiger charge is -2.25. The van der Waals surface area contributed by atoms with E-state index in [0.29, 0.717) is 17.1 Å². The standard InChI is InChI=1S/C17H16N2O3/c1-10-6-5-8-12(11(10)2)18-16(20)15-17(21)19-13-7-3-4-9-14(13)22-15/h3-9,15H,1-2H3,(H,18,20)(H,19,21)/t15-/m1/s1. The van der Waals surface area contributed by atoms with Crippen molar-refractivity contribution in [2.45, 2.75) is 20.0 Å². The molecule has 2 aromatic carbocycles. The largest absolute Gasteiger partial charge is 0.468 e. The molecule has 3 rings (SSSR count). The molecule has 1 heterocycles. The third kappa shape index (κ3) is 2.53. The number of carbonyl (C=O) groups excluding carboxylic acids is 2. The van der Waals surface area contributed by atoms with Crippen LogP contribution in [0.5, 0.6) is 5.75 Å². The Morgan fingerprint density at radius 2 is 1.91 bits per heavy atom. The number of rotatable bonds is 2. The highest BCUT2D eigenvalue weighted by molar-refractivity contribution is 6.15. The first-order valence-electron chi connectivity index (χ1n) is 7.00. The normalized spacial score (nSPS) is 16.3. The predicted molar refractivity (Wildman–Crippen MR) is 84.0 cm³/mol. The third-order valence-corrected chi connectivity index (χ3v) is 3.73. The van der Waals surface area contributed by atoms with Crippen LogP contribution in [0.2, 0.25) is 0 Å². The fraction of sp³-hybridized carbons (Fsp3) is 0.176. The minimum atomic E-state index is -1.20. The second-order valence-corrected chi connectivity index (χ2v) is 5.22. The number of nitrogens with one attached hydrogen (secondary N) is 2. The number of benzene rings is 2. The maximum absolute atomic E-state index is 12.4. The number of carbonyl (C=O) groups is 2. The molecule has 1 atom stereocenters. The van der Waals surface area contributed by atoms with Gasteiger partial charge >= 0.3 is 0 Å². The minimum Gasteiger partial charge on any atom is -0.468 e. The van der Waals surface area contributed by atoms with Gasteiger partial charge in [-0.1, -0.05) is 24.3 Å². The van der Waals surface area contributed by atoms with Crippen molar-refractivity contribution in [3.63, 3.8) is 0 Å². The molecule has 22 heavy (non-hydrogen) atoms. The van der Waals surface area contributed by atoms with E-state index < -0.39 is 17.9 Å². The number of ether oxygens (including phenoxy) is 1. The average Bonchev–Trinajstić information content (AvgIpc) is 2.51. The molecule has 2 N–H and O–H groups in total. The van der Waals surface area contributed by atoms with E-state index in [1.165, 1.54) is 0 Å². The molecule has 0 unspecified atom stereocenters. The molecule has 2 amide bonds. The Kier molecular flexibility index (Phi) is 3.55. The summed E-state index contributed by atoms with van der Waals surface area (Å²) in [6.07, 6.45) is -1.20. The molecule has 2 aromatic rings. The van der Waals surface area contributed by atoms with Crippen LogP contribution in [0.3, 0.4) is 0 Å². The van der Waals surface area contributed by atoms with Gasteiger partial charge in [0.05, 0.1) is 5.69 Å². The molecule has 5 nitrogen and oxygen atoms in total. The number of anilines is 2. The molecule has 0 saturated heterocycles. The molecule has 112 valence electrons. The van der Waals surface area contributed by atoms with Gasteiger partial charge in [0.15, 0.2) is 0 Å². The van der Waals surface area contributed by atoms with Gasteiger partial charge in [0.1, 0.15) is 5.75 Å². The zero-order valence-electron chi connectivity index (χ0n) is 12.3. The quantitative estimate of drug-likeness (QED) is 0.837. The van der Waals surface area contributed by atoms with Crippen molar-refractivity contribution in [1.29, 1.82) is 0 Å². The fourth-order valence-electron chi connectivity index (χ4n) is 2.31. The second kappa shape index (κ2) is 5.52. The summed E-state index contributed by atoms with van der Waals surface area (Å²) in [6.45, 7) is 3.88. The Hall–Kier alpha value is -2.82. The van der Waals surface area contributed by atoms with Gasteiger partial charge in [-0.3, -0.25) is 9.59 Å². The fourth-order valence-corrected chi connectivity index (χ4v) is 2.31. The summed E-state index contributed by atoms with van der Waals surface area (Å²) in [7, 11) is 0. The van der Waals surface area contributed by atoms with Crippen molar-refractivity contribution < 1.29 is 14.3 Å². The first-order valence-corrected chi connectivity index (χ1v) is 7.00. The van der Waals surface area contributed by atoms with Crippen molar-refractivity contribution in [2.75, 3.05) is 10.6 Å². The molecule has 0 aromatic heterocycles. The minimum absolute atomic E-state index is 0.471. The highest BCUT2D eigenvalue weighted by atomic mass is 16.5. The van der Waals surface area contributed by atoms with Crippen LogP contribution in [0.15, 0.2) is 42.5 Å². The van der Waals surface area contributed by atoms with E-state index in [0.717, 1.165) is 11.1 Å². The van der Waals surface area contributed by atoms with Crippen molar-refractivity contribution in [2.24, 2.45) is 0 Å². The Morgan fingerprint density at radius 3 is 2.73 bits per heavy atom. The molecule has 0 radical (unpaired) electrons. The topological polar surface area (TPSA) is 67.4 Å². The maximum atomic E-state index is 12.4. The molecule has 0 aliphatic carbocycles. The summed E-state index contributed by atoms with van der Waals surface area (Å²) in [6, 6.07) is 12.6. The summed E-state index contributed by atoms with van der Waals surface area (Å²) in [4.78, 5) is 24.4. The molecule has 1 aliphatic heterocycles. The van der Waals surface area contributed by atoms with Crippen LogP contribution in [0.4, 0.5) is 11.4 Å². The van der Waals surface area contributed by atoms with Crippen LogP contribution < -0.4 is 15.4 Å². The van der Waals surface area contributed by atoms with Crippen molar-refractivity contribution in [1.82, 2.24) is 0 Å². The predicted octanol–water partition coefficient (Wildman–Crippen LogP) is 2.64. The Balaban J connectivity index is 1.81. The Bertz CT molecular complexity index is 755. The van der Waals surface area contributed by atoms with Gasteiger partial charge < -0.3 is 15.4 Å². The molecular weight excluding hydrogens is 280 g/mol. The van der Waals surface area contributed by atoms with E-state index in [9.17, 15) is 9.59 Å². The Morgan fingerprint density at radius 1 is 1.14 bits per heavy atom.